The van der Waals surface area contributed by atoms with E-state index in [9.17, 15) is 8.42 Å². The molecule has 2 aliphatic rings. The van der Waals surface area contributed by atoms with E-state index in [4.69, 9.17) is 14.2 Å². The molecule has 0 saturated carbocycles. The fraction of sp³-hybridized carbons (Fsp3) is 0.600. The van der Waals surface area contributed by atoms with Crippen LogP contribution in [0.15, 0.2) is 23.1 Å². The van der Waals surface area contributed by atoms with E-state index in [-0.39, 0.29) is 11.0 Å². The average Bonchev–Trinajstić information content (AvgIpc) is 2.90. The fourth-order valence-corrected chi connectivity index (χ4v) is 3.68. The minimum absolute atomic E-state index is 0.173. The Morgan fingerprint density at radius 2 is 1.91 bits per heavy atom. The van der Waals surface area contributed by atoms with Crippen molar-refractivity contribution in [3.05, 3.63) is 18.2 Å². The van der Waals surface area contributed by atoms with Gasteiger partial charge in [-0.25, -0.2) is 13.1 Å². The Hall–Kier alpha value is -1.31. The first-order valence-corrected chi connectivity index (χ1v) is 9.14. The summed E-state index contributed by atoms with van der Waals surface area (Å²) >= 11 is 0. The molecular formula is C15H21NO5S. The van der Waals surface area contributed by atoms with Gasteiger partial charge in [0, 0.05) is 25.6 Å². The Bertz CT molecular complexity index is 610. The lowest BCUT2D eigenvalue weighted by Gasteiger charge is -2.12. The lowest BCUT2D eigenvalue weighted by atomic mass is 10.2. The molecule has 1 aromatic carbocycles. The third-order valence-electron chi connectivity index (χ3n) is 3.81. The highest BCUT2D eigenvalue weighted by molar-refractivity contribution is 7.89. The minimum atomic E-state index is -3.54. The van der Waals surface area contributed by atoms with Gasteiger partial charge in [0.15, 0.2) is 11.5 Å². The minimum Gasteiger partial charge on any atom is -0.490 e. The number of sulfonamides is 1. The van der Waals surface area contributed by atoms with Crippen LogP contribution in [0.25, 0.3) is 0 Å². The van der Waals surface area contributed by atoms with Crippen LogP contribution in [0.4, 0.5) is 0 Å². The van der Waals surface area contributed by atoms with E-state index in [0.29, 0.717) is 37.7 Å². The zero-order chi connectivity index (χ0) is 15.4. The van der Waals surface area contributed by atoms with E-state index >= 15 is 0 Å². The molecule has 0 amide bonds. The van der Waals surface area contributed by atoms with E-state index < -0.39 is 10.0 Å². The van der Waals surface area contributed by atoms with Crippen molar-refractivity contribution in [3.8, 4) is 11.5 Å². The van der Waals surface area contributed by atoms with Crippen LogP contribution in [0.1, 0.15) is 25.7 Å². The van der Waals surface area contributed by atoms with Crippen molar-refractivity contribution >= 4 is 10.0 Å². The molecule has 7 heteroatoms. The Morgan fingerprint density at radius 3 is 2.68 bits per heavy atom. The smallest absolute Gasteiger partial charge is 0.240 e. The second-order valence-electron chi connectivity index (χ2n) is 5.48. The molecule has 3 rings (SSSR count). The van der Waals surface area contributed by atoms with Gasteiger partial charge in [-0.3, -0.25) is 0 Å². The number of nitrogens with one attached hydrogen (secondary N) is 1. The first-order valence-electron chi connectivity index (χ1n) is 7.66. The topological polar surface area (TPSA) is 73.9 Å². The van der Waals surface area contributed by atoms with Gasteiger partial charge >= 0.3 is 0 Å². The van der Waals surface area contributed by atoms with E-state index in [2.05, 4.69) is 4.72 Å². The van der Waals surface area contributed by atoms with E-state index in [0.717, 1.165) is 25.9 Å². The highest BCUT2D eigenvalue weighted by Gasteiger charge is 2.20. The van der Waals surface area contributed by atoms with Crippen LogP contribution in [0.3, 0.4) is 0 Å². The molecule has 0 unspecified atom stereocenters. The third kappa shape index (κ3) is 3.71. The van der Waals surface area contributed by atoms with E-state index in [1.165, 1.54) is 6.07 Å². The van der Waals surface area contributed by atoms with Crippen molar-refractivity contribution in [3.63, 3.8) is 0 Å². The maximum atomic E-state index is 12.3. The summed E-state index contributed by atoms with van der Waals surface area (Å²) < 4.78 is 43.8. The summed E-state index contributed by atoms with van der Waals surface area (Å²) in [6, 6.07) is 4.71. The molecule has 1 fully saturated rings. The van der Waals surface area contributed by atoms with Crippen molar-refractivity contribution in [2.75, 3.05) is 26.4 Å². The number of hydrogen-bond acceptors (Lipinski definition) is 5. The molecule has 1 atom stereocenters. The van der Waals surface area contributed by atoms with E-state index in [1.807, 2.05) is 0 Å². The van der Waals surface area contributed by atoms with Gasteiger partial charge in [0.2, 0.25) is 10.0 Å². The molecule has 0 radical (unpaired) electrons. The lowest BCUT2D eigenvalue weighted by Crippen LogP contribution is -2.27. The van der Waals surface area contributed by atoms with Crippen molar-refractivity contribution in [2.24, 2.45) is 0 Å². The largest absolute Gasteiger partial charge is 0.490 e. The number of benzene rings is 1. The van der Waals surface area contributed by atoms with Gasteiger partial charge in [-0.05, 0) is 31.4 Å². The van der Waals surface area contributed by atoms with Gasteiger partial charge in [0.05, 0.1) is 24.2 Å². The molecule has 2 heterocycles. The molecule has 0 aliphatic carbocycles. The summed E-state index contributed by atoms with van der Waals surface area (Å²) in [4.78, 5) is 0.198. The molecule has 1 N–H and O–H groups in total. The molecule has 22 heavy (non-hydrogen) atoms. The van der Waals surface area contributed by atoms with Crippen LogP contribution >= 0.6 is 0 Å². The first-order chi connectivity index (χ1) is 10.6. The normalized spacial score (nSPS) is 21.5. The summed E-state index contributed by atoms with van der Waals surface area (Å²) in [6.07, 6.45) is 3.72. The average molecular weight is 327 g/mol. The molecule has 0 bridgehead atoms. The number of hydrogen-bond donors (Lipinski definition) is 1. The zero-order valence-electron chi connectivity index (χ0n) is 12.4. The first kappa shape index (κ1) is 15.6. The van der Waals surface area contributed by atoms with Crippen LogP contribution in [0, 0.1) is 0 Å². The van der Waals surface area contributed by atoms with E-state index in [1.54, 1.807) is 12.1 Å². The molecule has 0 aromatic heterocycles. The monoisotopic (exact) mass is 327 g/mol. The van der Waals surface area contributed by atoms with Gasteiger partial charge in [-0.2, -0.15) is 0 Å². The van der Waals surface area contributed by atoms with Crippen LogP contribution in [-0.2, 0) is 14.8 Å². The maximum Gasteiger partial charge on any atom is 0.240 e. The van der Waals surface area contributed by atoms with Crippen LogP contribution in [0.5, 0.6) is 11.5 Å². The van der Waals surface area contributed by atoms with Crippen LogP contribution < -0.4 is 14.2 Å². The Balaban J connectivity index is 1.64. The molecule has 0 spiro atoms. The molecule has 1 saturated heterocycles. The maximum absolute atomic E-state index is 12.3. The van der Waals surface area contributed by atoms with Crippen LogP contribution in [-0.4, -0.2) is 40.9 Å². The molecule has 6 nitrogen and oxygen atoms in total. The summed E-state index contributed by atoms with van der Waals surface area (Å²) in [5, 5.41) is 0. The molecule has 2 aliphatic heterocycles. The second-order valence-corrected chi connectivity index (χ2v) is 7.25. The quantitative estimate of drug-likeness (QED) is 0.891. The predicted octanol–water partition coefficient (Wildman–Crippen LogP) is 1.70. The fourth-order valence-electron chi connectivity index (χ4n) is 2.62. The molecule has 1 aromatic rings. The second kappa shape index (κ2) is 6.85. The number of fused-ring (bicyclic) bond motifs is 1. The highest BCUT2D eigenvalue weighted by Crippen LogP contribution is 2.31. The Morgan fingerprint density at radius 1 is 1.09 bits per heavy atom. The summed E-state index contributed by atoms with van der Waals surface area (Å²) in [5.74, 6) is 1.08. The zero-order valence-corrected chi connectivity index (χ0v) is 13.2. The summed E-state index contributed by atoms with van der Waals surface area (Å²) in [5.41, 5.74) is 0. The number of ether oxygens (including phenoxy) is 3. The predicted molar refractivity (Wildman–Crippen MR) is 80.8 cm³/mol. The highest BCUT2D eigenvalue weighted by atomic mass is 32.2. The Kier molecular flexibility index (Phi) is 4.85. The lowest BCUT2D eigenvalue weighted by molar-refractivity contribution is 0.105. The van der Waals surface area contributed by atoms with Gasteiger partial charge in [0.25, 0.3) is 0 Å². The third-order valence-corrected chi connectivity index (χ3v) is 5.27. The number of rotatable bonds is 5. The molecule has 122 valence electrons. The summed E-state index contributed by atoms with van der Waals surface area (Å²) in [7, 11) is -3.54. The van der Waals surface area contributed by atoms with Crippen LogP contribution in [0.2, 0.25) is 0 Å². The van der Waals surface area contributed by atoms with Crippen molar-refractivity contribution in [1.82, 2.24) is 4.72 Å². The van der Waals surface area contributed by atoms with Crippen molar-refractivity contribution in [2.45, 2.75) is 36.7 Å². The van der Waals surface area contributed by atoms with Gasteiger partial charge in [-0.1, -0.05) is 0 Å². The standard InChI is InChI=1S/C15H21NO5S/c17-22(18,16-7-6-12-3-1-8-19-12)13-4-5-14-15(11-13)21-10-2-9-20-14/h4-5,11-12,16H,1-3,6-10H2/t12-/m0/s1. The summed E-state index contributed by atoms with van der Waals surface area (Å²) in [6.45, 7) is 2.27. The SMILES string of the molecule is O=S(=O)(NCC[C@@H]1CCCO1)c1ccc2c(c1)OCCCO2. The Labute approximate surface area is 130 Å². The van der Waals surface area contributed by atoms with Crippen molar-refractivity contribution < 1.29 is 22.6 Å². The van der Waals surface area contributed by atoms with Gasteiger partial charge in [-0.15, -0.1) is 0 Å². The van der Waals surface area contributed by atoms with Gasteiger partial charge < -0.3 is 14.2 Å². The van der Waals surface area contributed by atoms with Gasteiger partial charge in [0.1, 0.15) is 0 Å². The molecular weight excluding hydrogens is 306 g/mol. The van der Waals surface area contributed by atoms with Crippen molar-refractivity contribution in [1.29, 1.82) is 0 Å².